The van der Waals surface area contributed by atoms with Gasteiger partial charge in [-0.2, -0.15) is 5.10 Å². The van der Waals surface area contributed by atoms with E-state index in [1.807, 2.05) is 22.9 Å². The Kier molecular flexibility index (Phi) is 1.56. The van der Waals surface area contributed by atoms with Crippen molar-refractivity contribution >= 4 is 34.2 Å². The third-order valence-electron chi connectivity index (χ3n) is 1.21. The van der Waals surface area contributed by atoms with Gasteiger partial charge in [-0.3, -0.25) is 0 Å². The number of fused-ring (bicyclic) bond motifs is 1. The molecule has 6 nitrogen and oxygen atoms in total. The van der Waals surface area contributed by atoms with Crippen LogP contribution in [0.3, 0.4) is 0 Å². The van der Waals surface area contributed by atoms with Crippen molar-refractivity contribution in [3.63, 3.8) is 0 Å². The number of nitrogens with zero attached hydrogens (tertiary/aromatic N) is 5. The molecule has 0 aliphatic carbocycles. The first-order chi connectivity index (χ1) is 5.42. The highest BCUT2D eigenvalue weighted by Crippen LogP contribution is 2.11. The molecule has 0 saturated carbocycles. The Labute approximate surface area is 75.5 Å². The summed E-state index contributed by atoms with van der Waals surface area (Å²) < 4.78 is 4.28. The predicted molar refractivity (Wildman–Crippen MR) is 46.2 cm³/mol. The molecule has 0 saturated heterocycles. The van der Waals surface area contributed by atoms with E-state index in [0.717, 1.165) is 5.69 Å². The zero-order valence-electron chi connectivity index (χ0n) is 5.27. The zero-order chi connectivity index (χ0) is 7.68. The van der Waals surface area contributed by atoms with Crippen molar-refractivity contribution < 1.29 is 0 Å². The summed E-state index contributed by atoms with van der Waals surface area (Å²) in [6.07, 6.45) is 1.63. The maximum Gasteiger partial charge on any atom is 0.223 e. The monoisotopic (exact) mass is 262 g/mol. The Bertz CT molecular complexity index is 369. The zero-order valence-corrected chi connectivity index (χ0v) is 7.43. The molecular formula is C4H3IN6. The fraction of sp³-hybridized carbons (Fsp3) is 0. The van der Waals surface area contributed by atoms with Crippen LogP contribution in [0.2, 0.25) is 0 Å². The summed E-state index contributed by atoms with van der Waals surface area (Å²) >= 11 is 2.01. The molecule has 1 N–H and O–H groups in total. The van der Waals surface area contributed by atoms with E-state index in [0.29, 0.717) is 5.65 Å². The number of hydrogen-bond acceptors (Lipinski definition) is 5. The number of rotatable bonds is 1. The number of nitrogens with one attached hydrogen (secondary N) is 1. The molecule has 0 aromatic carbocycles. The highest BCUT2D eigenvalue weighted by atomic mass is 127. The van der Waals surface area contributed by atoms with Gasteiger partial charge in [-0.15, -0.1) is 9.73 Å². The molecule has 0 amide bonds. The molecule has 0 atom stereocenters. The lowest BCUT2D eigenvalue weighted by atomic mass is 10.5. The Morgan fingerprint density at radius 2 is 2.45 bits per heavy atom. The van der Waals surface area contributed by atoms with Crippen molar-refractivity contribution in [2.75, 3.05) is 3.53 Å². The van der Waals surface area contributed by atoms with Crippen molar-refractivity contribution in [3.8, 4) is 0 Å². The highest BCUT2D eigenvalue weighted by molar-refractivity contribution is 14.1. The highest BCUT2D eigenvalue weighted by Gasteiger charge is 2.01. The maximum absolute atomic E-state index is 3.89. The fourth-order valence-corrected chi connectivity index (χ4v) is 1.16. The lowest BCUT2D eigenvalue weighted by molar-refractivity contribution is 0.733. The van der Waals surface area contributed by atoms with Gasteiger partial charge in [-0.05, 0) is 16.5 Å². The summed E-state index contributed by atoms with van der Waals surface area (Å²) in [5.74, 6) is 0. The van der Waals surface area contributed by atoms with E-state index < -0.39 is 0 Å². The lowest BCUT2D eigenvalue weighted by Gasteiger charge is -1.95. The van der Waals surface area contributed by atoms with Gasteiger partial charge in [0.15, 0.2) is 0 Å². The molecular weight excluding hydrogens is 259 g/mol. The molecule has 2 heterocycles. The predicted octanol–water partition coefficient (Wildman–Crippen LogP) is 0.281. The second-order valence-electron chi connectivity index (χ2n) is 1.83. The van der Waals surface area contributed by atoms with E-state index >= 15 is 0 Å². The van der Waals surface area contributed by atoms with E-state index in [4.69, 9.17) is 0 Å². The van der Waals surface area contributed by atoms with Gasteiger partial charge < -0.3 is 3.53 Å². The normalized spacial score (nSPS) is 10.3. The van der Waals surface area contributed by atoms with Gasteiger partial charge in [0, 0.05) is 0 Å². The minimum absolute atomic E-state index is 0.627. The summed E-state index contributed by atoms with van der Waals surface area (Å²) in [5.41, 5.74) is 1.48. The summed E-state index contributed by atoms with van der Waals surface area (Å²) in [6, 6.07) is 1.80. The summed E-state index contributed by atoms with van der Waals surface area (Å²) in [6.45, 7) is 0. The molecule has 0 spiro atoms. The first-order valence-corrected chi connectivity index (χ1v) is 3.90. The van der Waals surface area contributed by atoms with Crippen LogP contribution in [0.5, 0.6) is 0 Å². The first kappa shape index (κ1) is 6.70. The van der Waals surface area contributed by atoms with E-state index in [-0.39, 0.29) is 0 Å². The second-order valence-corrected chi connectivity index (χ2v) is 2.37. The van der Waals surface area contributed by atoms with Gasteiger partial charge in [0.2, 0.25) is 5.65 Å². The average Bonchev–Trinajstić information content (AvgIpc) is 2.50. The molecule has 2 aromatic heterocycles. The topological polar surface area (TPSA) is 68.0 Å². The van der Waals surface area contributed by atoms with Crippen molar-refractivity contribution in [2.45, 2.75) is 0 Å². The van der Waals surface area contributed by atoms with E-state index in [9.17, 15) is 0 Å². The van der Waals surface area contributed by atoms with Crippen LogP contribution in [0, 0.1) is 0 Å². The third-order valence-corrected chi connectivity index (χ3v) is 1.79. The molecule has 2 rings (SSSR count). The Balaban J connectivity index is 2.79. The molecule has 11 heavy (non-hydrogen) atoms. The lowest BCUT2D eigenvalue weighted by Crippen LogP contribution is -1.94. The summed E-state index contributed by atoms with van der Waals surface area (Å²) in [4.78, 5) is 0. The van der Waals surface area contributed by atoms with E-state index in [1.165, 1.54) is 4.63 Å². The van der Waals surface area contributed by atoms with Gasteiger partial charge in [-0.1, -0.05) is 0 Å². The third kappa shape index (κ3) is 1.00. The maximum atomic E-state index is 3.89. The second kappa shape index (κ2) is 2.57. The van der Waals surface area contributed by atoms with E-state index in [1.54, 1.807) is 12.3 Å². The van der Waals surface area contributed by atoms with Gasteiger partial charge >= 0.3 is 0 Å². The quantitative estimate of drug-likeness (QED) is 0.590. The standard InChI is InChI=1S/C4H3IN6/c5-7-3-1-2-6-11-4(3)8-9-10-11/h1-2,7H. The number of anilines is 1. The number of tetrazole rings is 1. The van der Waals surface area contributed by atoms with Gasteiger partial charge in [0.1, 0.15) is 0 Å². The van der Waals surface area contributed by atoms with Crippen LogP contribution in [0.4, 0.5) is 5.69 Å². The van der Waals surface area contributed by atoms with Crippen LogP contribution in [-0.2, 0) is 0 Å². The van der Waals surface area contributed by atoms with Crippen molar-refractivity contribution in [2.24, 2.45) is 0 Å². The Hall–Kier alpha value is -0.990. The van der Waals surface area contributed by atoms with Crippen molar-refractivity contribution in [3.05, 3.63) is 12.3 Å². The number of aromatic nitrogens is 5. The minimum Gasteiger partial charge on any atom is -0.325 e. The molecule has 0 radical (unpaired) electrons. The molecule has 56 valence electrons. The van der Waals surface area contributed by atoms with Crippen LogP contribution in [0.15, 0.2) is 12.3 Å². The molecule has 0 aliphatic heterocycles. The van der Waals surface area contributed by atoms with E-state index in [2.05, 4.69) is 24.2 Å². The van der Waals surface area contributed by atoms with Crippen molar-refractivity contribution in [1.82, 2.24) is 25.3 Å². The van der Waals surface area contributed by atoms with Gasteiger partial charge in [0.25, 0.3) is 0 Å². The van der Waals surface area contributed by atoms with Crippen LogP contribution in [-0.4, -0.2) is 25.3 Å². The first-order valence-electron chi connectivity index (χ1n) is 2.82. The van der Waals surface area contributed by atoms with Gasteiger partial charge in [-0.25, -0.2) is 0 Å². The molecule has 0 aliphatic rings. The molecule has 0 fully saturated rings. The molecule has 2 aromatic rings. The molecule has 7 heteroatoms. The van der Waals surface area contributed by atoms with Crippen LogP contribution in [0.1, 0.15) is 0 Å². The largest absolute Gasteiger partial charge is 0.325 e. The number of hydrogen-bond donors (Lipinski definition) is 1. The molecule has 0 unspecified atom stereocenters. The summed E-state index contributed by atoms with van der Waals surface area (Å²) in [7, 11) is 0. The average molecular weight is 262 g/mol. The molecule has 0 bridgehead atoms. The summed E-state index contributed by atoms with van der Waals surface area (Å²) in [5, 5.41) is 14.7. The van der Waals surface area contributed by atoms with Crippen LogP contribution in [0.25, 0.3) is 5.65 Å². The van der Waals surface area contributed by atoms with Gasteiger partial charge in [0.05, 0.1) is 34.7 Å². The SMILES string of the molecule is INc1ccnn2nnnc12. The van der Waals surface area contributed by atoms with Crippen LogP contribution < -0.4 is 3.53 Å². The number of halogens is 1. The Morgan fingerprint density at radius 1 is 1.55 bits per heavy atom. The Morgan fingerprint density at radius 3 is 3.27 bits per heavy atom. The minimum atomic E-state index is 0.627. The smallest absolute Gasteiger partial charge is 0.223 e. The fourth-order valence-electron chi connectivity index (χ4n) is 0.741. The van der Waals surface area contributed by atoms with Crippen molar-refractivity contribution in [1.29, 1.82) is 0 Å². The van der Waals surface area contributed by atoms with Crippen LogP contribution >= 0.6 is 22.9 Å².